The lowest BCUT2D eigenvalue weighted by atomic mass is 10.0. The van der Waals surface area contributed by atoms with E-state index in [4.69, 9.17) is 9.47 Å². The maximum Gasteiger partial charge on any atom is 0.170 e. The van der Waals surface area contributed by atoms with Gasteiger partial charge < -0.3 is 14.6 Å². The Hall–Kier alpha value is -2.07. The summed E-state index contributed by atoms with van der Waals surface area (Å²) < 4.78 is 24.1. The molecule has 0 bridgehead atoms. The summed E-state index contributed by atoms with van der Waals surface area (Å²) in [6.07, 6.45) is 0.236. The third-order valence-electron chi connectivity index (χ3n) is 3.44. The van der Waals surface area contributed by atoms with Gasteiger partial charge in [0.25, 0.3) is 0 Å². The normalized spacial score (nSPS) is 12.0. The predicted octanol–water partition coefficient (Wildman–Crippen LogP) is 3.51. The number of hydrogen-bond acceptors (Lipinski definition) is 3. The molecule has 2 aromatic carbocycles. The van der Waals surface area contributed by atoms with Crippen molar-refractivity contribution >= 4 is 0 Å². The zero-order valence-corrected chi connectivity index (χ0v) is 12.2. The van der Waals surface area contributed by atoms with Crippen LogP contribution in [0.5, 0.6) is 11.5 Å². The molecular formula is C17H19FO3. The molecule has 1 unspecified atom stereocenters. The predicted molar refractivity (Wildman–Crippen MR) is 79.2 cm³/mol. The minimum Gasteiger partial charge on any atom is -0.497 e. The molecule has 21 heavy (non-hydrogen) atoms. The topological polar surface area (TPSA) is 38.7 Å². The molecule has 3 nitrogen and oxygen atoms in total. The van der Waals surface area contributed by atoms with Gasteiger partial charge in [0.15, 0.2) is 11.6 Å². The third-order valence-corrected chi connectivity index (χ3v) is 3.44. The van der Waals surface area contributed by atoms with Gasteiger partial charge in [-0.05, 0) is 36.6 Å². The second kappa shape index (κ2) is 7.09. The Kier molecular flexibility index (Phi) is 5.17. The molecule has 0 spiro atoms. The van der Waals surface area contributed by atoms with E-state index < -0.39 is 11.9 Å². The van der Waals surface area contributed by atoms with Gasteiger partial charge in [-0.25, -0.2) is 4.39 Å². The van der Waals surface area contributed by atoms with Crippen molar-refractivity contribution < 1.29 is 19.0 Å². The summed E-state index contributed by atoms with van der Waals surface area (Å²) in [5.41, 5.74) is 1.33. The third kappa shape index (κ3) is 3.73. The highest BCUT2D eigenvalue weighted by atomic mass is 19.1. The van der Waals surface area contributed by atoms with E-state index in [0.717, 1.165) is 11.3 Å². The number of ether oxygens (including phenoxy) is 2. The van der Waals surface area contributed by atoms with Gasteiger partial charge in [0.05, 0.1) is 20.3 Å². The Morgan fingerprint density at radius 1 is 1.05 bits per heavy atom. The molecule has 112 valence electrons. The van der Waals surface area contributed by atoms with Gasteiger partial charge in [0.1, 0.15) is 5.75 Å². The van der Waals surface area contributed by atoms with Crippen LogP contribution in [0.1, 0.15) is 23.7 Å². The van der Waals surface area contributed by atoms with Crippen molar-refractivity contribution in [3.05, 3.63) is 59.4 Å². The van der Waals surface area contributed by atoms with Crippen LogP contribution in [0.2, 0.25) is 0 Å². The Bertz CT molecular complexity index is 581. The Balaban J connectivity index is 2.02. The average molecular weight is 290 g/mol. The lowest BCUT2D eigenvalue weighted by Crippen LogP contribution is -2.04. The summed E-state index contributed by atoms with van der Waals surface area (Å²) in [6, 6.07) is 12.4. The largest absolute Gasteiger partial charge is 0.497 e. The first-order chi connectivity index (χ1) is 10.2. The first-order valence-corrected chi connectivity index (χ1v) is 6.79. The number of rotatable bonds is 6. The molecule has 0 aliphatic rings. The van der Waals surface area contributed by atoms with Crippen molar-refractivity contribution in [1.29, 1.82) is 0 Å². The maximum absolute atomic E-state index is 14.0. The van der Waals surface area contributed by atoms with Crippen LogP contribution in [0.3, 0.4) is 0 Å². The van der Waals surface area contributed by atoms with Gasteiger partial charge in [0.2, 0.25) is 0 Å². The standard InChI is InChI=1S/C17H19FO3/c1-20-13-9-6-12(7-10-13)8-11-15(19)14-4-3-5-16(21-2)17(14)18/h3-7,9-10,15,19H,8,11H2,1-2H3. The zero-order chi connectivity index (χ0) is 15.2. The monoisotopic (exact) mass is 290 g/mol. The highest BCUT2D eigenvalue weighted by Gasteiger charge is 2.16. The molecule has 0 aliphatic heterocycles. The molecule has 2 rings (SSSR count). The number of hydrogen-bond donors (Lipinski definition) is 1. The van der Waals surface area contributed by atoms with Crippen LogP contribution in [-0.2, 0) is 6.42 Å². The fourth-order valence-electron chi connectivity index (χ4n) is 2.19. The minimum atomic E-state index is -0.859. The van der Waals surface area contributed by atoms with Gasteiger partial charge in [-0.1, -0.05) is 24.3 Å². The summed E-state index contributed by atoms with van der Waals surface area (Å²) in [7, 11) is 3.02. The van der Waals surface area contributed by atoms with E-state index in [9.17, 15) is 9.50 Å². The number of aliphatic hydroxyl groups excluding tert-OH is 1. The molecule has 0 amide bonds. The maximum atomic E-state index is 14.0. The number of aryl methyl sites for hydroxylation is 1. The van der Waals surface area contributed by atoms with Gasteiger partial charge >= 0.3 is 0 Å². The Morgan fingerprint density at radius 3 is 2.38 bits per heavy atom. The van der Waals surface area contributed by atoms with Gasteiger partial charge in [-0.3, -0.25) is 0 Å². The van der Waals surface area contributed by atoms with E-state index in [1.807, 2.05) is 24.3 Å². The van der Waals surface area contributed by atoms with Crippen LogP contribution in [0.4, 0.5) is 4.39 Å². The number of methoxy groups -OCH3 is 2. The van der Waals surface area contributed by atoms with E-state index in [0.29, 0.717) is 12.8 Å². The summed E-state index contributed by atoms with van der Waals surface area (Å²) >= 11 is 0. The zero-order valence-electron chi connectivity index (χ0n) is 12.2. The molecule has 0 saturated carbocycles. The lowest BCUT2D eigenvalue weighted by molar-refractivity contribution is 0.162. The molecule has 0 aromatic heterocycles. The molecule has 0 radical (unpaired) electrons. The van der Waals surface area contributed by atoms with Gasteiger partial charge in [-0.15, -0.1) is 0 Å². The molecule has 0 fully saturated rings. The van der Waals surface area contributed by atoms with Crippen molar-refractivity contribution in [3.63, 3.8) is 0 Å². The van der Waals surface area contributed by atoms with Gasteiger partial charge in [0, 0.05) is 5.56 Å². The van der Waals surface area contributed by atoms with E-state index in [1.165, 1.54) is 13.2 Å². The van der Waals surface area contributed by atoms with Crippen molar-refractivity contribution in [3.8, 4) is 11.5 Å². The lowest BCUT2D eigenvalue weighted by Gasteiger charge is -2.14. The van der Waals surface area contributed by atoms with E-state index in [2.05, 4.69) is 0 Å². The van der Waals surface area contributed by atoms with Crippen molar-refractivity contribution in [2.75, 3.05) is 14.2 Å². The summed E-state index contributed by atoms with van der Waals surface area (Å²) in [5, 5.41) is 10.2. The Labute approximate surface area is 124 Å². The fourth-order valence-corrected chi connectivity index (χ4v) is 2.19. The average Bonchev–Trinajstić information content (AvgIpc) is 2.53. The molecular weight excluding hydrogens is 271 g/mol. The van der Waals surface area contributed by atoms with Crippen molar-refractivity contribution in [2.45, 2.75) is 18.9 Å². The van der Waals surface area contributed by atoms with Crippen molar-refractivity contribution in [1.82, 2.24) is 0 Å². The van der Waals surface area contributed by atoms with Gasteiger partial charge in [-0.2, -0.15) is 0 Å². The first kappa shape index (κ1) is 15.3. The van der Waals surface area contributed by atoms with Crippen LogP contribution >= 0.6 is 0 Å². The van der Waals surface area contributed by atoms with E-state index in [-0.39, 0.29) is 11.3 Å². The first-order valence-electron chi connectivity index (χ1n) is 6.79. The SMILES string of the molecule is COc1ccc(CCC(O)c2cccc(OC)c2F)cc1. The summed E-state index contributed by atoms with van der Waals surface area (Å²) in [4.78, 5) is 0. The minimum absolute atomic E-state index is 0.149. The molecule has 0 saturated heterocycles. The Morgan fingerprint density at radius 2 is 1.76 bits per heavy atom. The number of benzene rings is 2. The van der Waals surface area contributed by atoms with Crippen LogP contribution in [0.25, 0.3) is 0 Å². The molecule has 0 heterocycles. The van der Waals surface area contributed by atoms with Crippen molar-refractivity contribution in [2.24, 2.45) is 0 Å². The molecule has 1 atom stereocenters. The smallest absolute Gasteiger partial charge is 0.170 e. The molecule has 4 heteroatoms. The number of aliphatic hydroxyl groups is 1. The second-order valence-corrected chi connectivity index (χ2v) is 4.77. The van der Waals surface area contributed by atoms with Crippen LogP contribution < -0.4 is 9.47 Å². The highest BCUT2D eigenvalue weighted by Crippen LogP contribution is 2.27. The van der Waals surface area contributed by atoms with Crippen LogP contribution in [0, 0.1) is 5.82 Å². The molecule has 2 aromatic rings. The van der Waals surface area contributed by atoms with E-state index in [1.54, 1.807) is 19.2 Å². The van der Waals surface area contributed by atoms with E-state index >= 15 is 0 Å². The quantitative estimate of drug-likeness (QED) is 0.885. The number of halogens is 1. The fraction of sp³-hybridized carbons (Fsp3) is 0.294. The second-order valence-electron chi connectivity index (χ2n) is 4.77. The molecule has 0 aliphatic carbocycles. The summed E-state index contributed by atoms with van der Waals surface area (Å²) in [6.45, 7) is 0. The highest BCUT2D eigenvalue weighted by molar-refractivity contribution is 5.33. The van der Waals surface area contributed by atoms with Crippen LogP contribution in [-0.4, -0.2) is 19.3 Å². The van der Waals surface area contributed by atoms with Crippen LogP contribution in [0.15, 0.2) is 42.5 Å². The summed E-state index contributed by atoms with van der Waals surface area (Å²) in [5.74, 6) is 0.441. The molecule has 1 N–H and O–H groups in total.